The zero-order valence-electron chi connectivity index (χ0n) is 25.1. The van der Waals surface area contributed by atoms with E-state index < -0.39 is 0 Å². The second-order valence-corrected chi connectivity index (χ2v) is 12.4. The first kappa shape index (κ1) is 27.2. The van der Waals surface area contributed by atoms with E-state index in [4.69, 9.17) is 15.0 Å². The van der Waals surface area contributed by atoms with E-state index in [9.17, 15) is 0 Å². The molecule has 3 heterocycles. The molecule has 0 atom stereocenters. The summed E-state index contributed by atoms with van der Waals surface area (Å²) in [6.07, 6.45) is 3.51. The molecule has 0 aliphatic carbocycles. The van der Waals surface area contributed by atoms with Crippen molar-refractivity contribution in [3.63, 3.8) is 0 Å². The minimum absolute atomic E-state index is 0.631. The van der Waals surface area contributed by atoms with Gasteiger partial charge in [-0.25, -0.2) is 24.9 Å². The Hall–Kier alpha value is -6.11. The van der Waals surface area contributed by atoms with E-state index in [1.807, 2.05) is 42.6 Å². The highest BCUT2D eigenvalue weighted by Gasteiger charge is 2.18. The maximum absolute atomic E-state index is 5.18. The third-order valence-electron chi connectivity index (χ3n) is 8.47. The summed E-state index contributed by atoms with van der Waals surface area (Å²) >= 11 is 1.72. The molecule has 0 saturated carbocycles. The van der Waals surface area contributed by atoms with Gasteiger partial charge in [-0.2, -0.15) is 0 Å². The van der Waals surface area contributed by atoms with Crippen molar-refractivity contribution in [2.75, 3.05) is 0 Å². The highest BCUT2D eigenvalue weighted by Crippen LogP contribution is 2.41. The fourth-order valence-corrected chi connectivity index (χ4v) is 7.39. The lowest BCUT2D eigenvalue weighted by Crippen LogP contribution is -2.01. The van der Waals surface area contributed by atoms with Gasteiger partial charge in [-0.3, -0.25) is 0 Å². The Bertz CT molecular complexity index is 2580. The minimum Gasteiger partial charge on any atom is -0.243 e. The lowest BCUT2D eigenvalue weighted by atomic mass is 9.95. The molecule has 3 aromatic heterocycles. The van der Waals surface area contributed by atoms with Gasteiger partial charge in [-0.1, -0.05) is 121 Å². The van der Waals surface area contributed by atoms with Crippen molar-refractivity contribution in [2.45, 2.75) is 0 Å². The van der Waals surface area contributed by atoms with Crippen LogP contribution in [0.2, 0.25) is 0 Å². The molecule has 47 heavy (non-hydrogen) atoms. The quantitative estimate of drug-likeness (QED) is 0.192. The predicted molar refractivity (Wildman–Crippen MR) is 193 cm³/mol. The van der Waals surface area contributed by atoms with E-state index in [-0.39, 0.29) is 0 Å². The normalized spacial score (nSPS) is 11.4. The summed E-state index contributed by atoms with van der Waals surface area (Å²) in [5, 5.41) is 3.33. The van der Waals surface area contributed by atoms with Crippen LogP contribution in [0, 0.1) is 0 Å². The summed E-state index contributed by atoms with van der Waals surface area (Å²) in [5.74, 6) is 1.90. The zero-order valence-corrected chi connectivity index (χ0v) is 25.9. The number of nitrogens with zero attached hydrogens (tertiary/aromatic N) is 5. The van der Waals surface area contributed by atoms with Gasteiger partial charge in [0.15, 0.2) is 17.5 Å². The fraction of sp³-hybridized carbons (Fsp3) is 0. The van der Waals surface area contributed by atoms with E-state index in [0.717, 1.165) is 65.3 Å². The van der Waals surface area contributed by atoms with Crippen molar-refractivity contribution in [1.82, 2.24) is 24.9 Å². The molecule has 0 aliphatic rings. The van der Waals surface area contributed by atoms with Crippen molar-refractivity contribution >= 4 is 42.4 Å². The lowest BCUT2D eigenvalue weighted by Gasteiger charge is -2.13. The lowest BCUT2D eigenvalue weighted by molar-refractivity contribution is 1.08. The average molecular weight is 620 g/mol. The topological polar surface area (TPSA) is 64.5 Å². The Morgan fingerprint density at radius 1 is 0.447 bits per heavy atom. The van der Waals surface area contributed by atoms with Crippen molar-refractivity contribution in [3.05, 3.63) is 152 Å². The van der Waals surface area contributed by atoms with Crippen LogP contribution in [-0.4, -0.2) is 24.9 Å². The van der Waals surface area contributed by atoms with Gasteiger partial charge in [0.2, 0.25) is 0 Å². The maximum atomic E-state index is 5.18. The second kappa shape index (κ2) is 11.4. The molecule has 5 nitrogen and oxygen atoms in total. The summed E-state index contributed by atoms with van der Waals surface area (Å²) in [4.78, 5) is 24.2. The Balaban J connectivity index is 1.28. The van der Waals surface area contributed by atoms with Crippen LogP contribution in [0.4, 0.5) is 0 Å². The van der Waals surface area contributed by atoms with Gasteiger partial charge >= 0.3 is 0 Å². The molecule has 0 spiro atoms. The van der Waals surface area contributed by atoms with Crippen LogP contribution in [0.3, 0.4) is 0 Å². The largest absolute Gasteiger partial charge is 0.243 e. The van der Waals surface area contributed by atoms with Crippen molar-refractivity contribution in [2.24, 2.45) is 0 Å². The zero-order chi connectivity index (χ0) is 31.2. The number of thiophene rings is 1. The summed E-state index contributed by atoms with van der Waals surface area (Å²) in [5.41, 5.74) is 8.30. The third kappa shape index (κ3) is 4.92. The fourth-order valence-electron chi connectivity index (χ4n) is 6.23. The molecule has 6 aromatic carbocycles. The van der Waals surface area contributed by atoms with E-state index in [1.54, 1.807) is 17.7 Å². The van der Waals surface area contributed by atoms with E-state index >= 15 is 0 Å². The minimum atomic E-state index is 0.631. The first-order valence-corrected chi connectivity index (χ1v) is 16.2. The van der Waals surface area contributed by atoms with E-state index in [0.29, 0.717) is 17.5 Å². The van der Waals surface area contributed by atoms with Gasteiger partial charge in [-0.05, 0) is 51.2 Å². The summed E-state index contributed by atoms with van der Waals surface area (Å²) in [7, 11) is 0. The number of hydrogen-bond donors (Lipinski definition) is 0. The molecule has 9 rings (SSSR count). The molecule has 0 N–H and O–H groups in total. The monoisotopic (exact) mass is 619 g/mol. The van der Waals surface area contributed by atoms with Gasteiger partial charge in [0.25, 0.3) is 0 Å². The van der Waals surface area contributed by atoms with Gasteiger partial charge in [0.05, 0.1) is 10.2 Å². The van der Waals surface area contributed by atoms with Gasteiger partial charge in [-0.15, -0.1) is 11.3 Å². The van der Waals surface area contributed by atoms with Gasteiger partial charge < -0.3 is 0 Å². The summed E-state index contributed by atoms with van der Waals surface area (Å²) < 4.78 is 2.26. The Morgan fingerprint density at radius 2 is 1.11 bits per heavy atom. The highest BCUT2D eigenvalue weighted by molar-refractivity contribution is 7.26. The number of hydrogen-bond acceptors (Lipinski definition) is 6. The second-order valence-electron chi connectivity index (χ2n) is 11.4. The van der Waals surface area contributed by atoms with Crippen molar-refractivity contribution < 1.29 is 0 Å². The summed E-state index contributed by atoms with van der Waals surface area (Å²) in [6, 6.07) is 48.3. The molecule has 0 saturated heterocycles. The first-order valence-electron chi connectivity index (χ1n) is 15.4. The molecular weight excluding hydrogens is 595 g/mol. The van der Waals surface area contributed by atoms with Crippen LogP contribution in [0.5, 0.6) is 0 Å². The van der Waals surface area contributed by atoms with E-state index in [1.165, 1.54) is 4.70 Å². The van der Waals surface area contributed by atoms with Crippen molar-refractivity contribution in [1.29, 1.82) is 0 Å². The van der Waals surface area contributed by atoms with Crippen LogP contribution in [-0.2, 0) is 0 Å². The Labute approximate surface area is 275 Å². The molecule has 0 bridgehead atoms. The number of rotatable bonds is 5. The smallest absolute Gasteiger partial charge is 0.164 e. The molecule has 0 aliphatic heterocycles. The number of benzene rings is 6. The maximum Gasteiger partial charge on any atom is 0.164 e. The Kier molecular flexibility index (Phi) is 6.58. The molecule has 9 aromatic rings. The SMILES string of the molecule is c1ccc(-c2cccc(-c3nc(-c4ccccc4)nc(-c4cc(-c5cccc6c5sc5cncnc56)cc5ccccc45)n3)c2)cc1. The first-order chi connectivity index (χ1) is 23.3. The molecule has 0 radical (unpaired) electrons. The molecule has 6 heteroatoms. The molecule has 0 fully saturated rings. The van der Waals surface area contributed by atoms with Gasteiger partial charge in [0, 0.05) is 33.0 Å². The molecule has 0 unspecified atom stereocenters. The molecule has 220 valence electrons. The third-order valence-corrected chi connectivity index (χ3v) is 9.63. The average Bonchev–Trinajstić information content (AvgIpc) is 3.54. The molecular formula is C41H25N5S. The highest BCUT2D eigenvalue weighted by atomic mass is 32.1. The van der Waals surface area contributed by atoms with Crippen LogP contribution >= 0.6 is 11.3 Å². The van der Waals surface area contributed by atoms with E-state index in [2.05, 4.69) is 113 Å². The van der Waals surface area contributed by atoms with Crippen LogP contribution in [0.25, 0.3) is 87.5 Å². The number of fused-ring (bicyclic) bond motifs is 4. The molecule has 0 amide bonds. The number of aromatic nitrogens is 5. The van der Waals surface area contributed by atoms with Crippen LogP contribution in [0.1, 0.15) is 0 Å². The van der Waals surface area contributed by atoms with Crippen LogP contribution in [0.15, 0.2) is 152 Å². The predicted octanol–water partition coefficient (Wildman–Crippen LogP) is 10.5. The van der Waals surface area contributed by atoms with Crippen molar-refractivity contribution in [3.8, 4) is 56.4 Å². The Morgan fingerprint density at radius 3 is 1.96 bits per heavy atom. The van der Waals surface area contributed by atoms with Gasteiger partial charge in [0.1, 0.15) is 6.33 Å². The summed E-state index contributed by atoms with van der Waals surface area (Å²) in [6.45, 7) is 0. The standard InChI is InChI=1S/C41H25N5S/c1-3-11-26(12-4-1)28-16-9-17-30(21-28)40-44-39(27-13-5-2-6-14-27)45-41(46-40)35-23-31(22-29-15-7-8-18-32(29)35)33-19-10-20-34-37-36(47-38(33)34)24-42-25-43-37/h1-25H. The van der Waals surface area contributed by atoms with Crippen LogP contribution < -0.4 is 0 Å².